The number of nitrogens with zero attached hydrogens (tertiary/aromatic N) is 3. The molecular formula is C23H25FN4O4S. The average molecular weight is 473 g/mol. The number of aromatic nitrogens is 3. The first kappa shape index (κ1) is 21.9. The summed E-state index contributed by atoms with van der Waals surface area (Å²) in [4.78, 5) is 43.3. The molecule has 0 bridgehead atoms. The van der Waals surface area contributed by atoms with Crippen molar-refractivity contribution in [1.82, 2.24) is 19.4 Å². The van der Waals surface area contributed by atoms with Gasteiger partial charge in [-0.2, -0.15) is 11.8 Å². The molecule has 3 aromatic rings. The molecule has 0 unspecified atom stereocenters. The van der Waals surface area contributed by atoms with Crippen LogP contribution < -0.4 is 16.6 Å². The third-order valence-electron chi connectivity index (χ3n) is 6.62. The lowest BCUT2D eigenvalue weighted by atomic mass is 9.90. The minimum atomic E-state index is -0.597. The molecule has 8 nitrogen and oxygen atoms in total. The largest absolute Gasteiger partial charge is 0.459 e. The zero-order chi connectivity index (χ0) is 22.9. The fourth-order valence-corrected chi connectivity index (χ4v) is 6.02. The van der Waals surface area contributed by atoms with Crippen molar-refractivity contribution in [3.8, 4) is 0 Å². The van der Waals surface area contributed by atoms with E-state index in [1.807, 2.05) is 11.8 Å². The molecule has 4 heterocycles. The van der Waals surface area contributed by atoms with E-state index < -0.39 is 11.4 Å². The molecule has 1 saturated carbocycles. The van der Waals surface area contributed by atoms with E-state index in [0.29, 0.717) is 25.7 Å². The van der Waals surface area contributed by atoms with Gasteiger partial charge in [-0.25, -0.2) is 14.2 Å². The van der Waals surface area contributed by atoms with Crippen LogP contribution in [-0.2, 0) is 0 Å². The first-order valence-corrected chi connectivity index (χ1v) is 12.4. The van der Waals surface area contributed by atoms with Crippen molar-refractivity contribution >= 4 is 28.7 Å². The number of carbonyl (C=O) groups excluding carboxylic acids is 1. The Bertz CT molecular complexity index is 1270. The van der Waals surface area contributed by atoms with Gasteiger partial charge >= 0.3 is 5.69 Å². The summed E-state index contributed by atoms with van der Waals surface area (Å²) in [5.74, 6) is 1.25. The SMILES string of the molecule is O=C(NC1CCC(n2c(=O)c3cc(F)cnc3n(C3CCSCC3)c2=O)CC1)c1ccco1. The number of halogens is 1. The summed E-state index contributed by atoms with van der Waals surface area (Å²) in [6.45, 7) is 0. The second kappa shape index (κ2) is 9.17. The summed E-state index contributed by atoms with van der Waals surface area (Å²) in [7, 11) is 0. The van der Waals surface area contributed by atoms with Gasteiger partial charge in [0.2, 0.25) is 0 Å². The number of amides is 1. The van der Waals surface area contributed by atoms with Gasteiger partial charge in [0.25, 0.3) is 11.5 Å². The molecule has 5 rings (SSSR count). The Morgan fingerprint density at radius 1 is 1.09 bits per heavy atom. The number of hydrogen-bond donors (Lipinski definition) is 1. The lowest BCUT2D eigenvalue weighted by Crippen LogP contribution is -2.46. The second-order valence-electron chi connectivity index (χ2n) is 8.65. The topological polar surface area (TPSA) is 99.1 Å². The van der Waals surface area contributed by atoms with Crippen molar-refractivity contribution < 1.29 is 13.6 Å². The number of carbonyl (C=O) groups is 1. The molecule has 1 saturated heterocycles. The number of nitrogens with one attached hydrogen (secondary N) is 1. The standard InChI is InChI=1S/C23H25FN4O4S/c24-14-12-18-20(25-13-14)27(17-7-10-33-11-8-17)23(31)28(22(18)30)16-5-3-15(4-6-16)26-21(29)19-2-1-9-32-19/h1-2,9,12-13,15-17H,3-8,10-11H2,(H,26,29). The Morgan fingerprint density at radius 3 is 2.52 bits per heavy atom. The van der Waals surface area contributed by atoms with E-state index in [1.54, 1.807) is 16.7 Å². The minimum Gasteiger partial charge on any atom is -0.459 e. The quantitative estimate of drug-likeness (QED) is 0.626. The minimum absolute atomic E-state index is 0.0602. The number of pyridine rings is 1. The number of fused-ring (bicyclic) bond motifs is 1. The average Bonchev–Trinajstić information content (AvgIpc) is 3.37. The van der Waals surface area contributed by atoms with Crippen LogP contribution >= 0.6 is 11.8 Å². The molecule has 0 spiro atoms. The summed E-state index contributed by atoms with van der Waals surface area (Å²) in [6, 6.07) is 4.02. The lowest BCUT2D eigenvalue weighted by Gasteiger charge is -2.31. The molecule has 0 atom stereocenters. The van der Waals surface area contributed by atoms with E-state index in [-0.39, 0.29) is 46.5 Å². The summed E-state index contributed by atoms with van der Waals surface area (Å²) in [6.07, 6.45) is 6.51. The van der Waals surface area contributed by atoms with Gasteiger partial charge in [0.1, 0.15) is 11.5 Å². The fourth-order valence-electron chi connectivity index (χ4n) is 4.94. The van der Waals surface area contributed by atoms with E-state index in [0.717, 1.165) is 30.5 Å². The molecule has 0 aromatic carbocycles. The molecule has 33 heavy (non-hydrogen) atoms. The molecule has 1 amide bonds. The zero-order valence-electron chi connectivity index (χ0n) is 18.0. The number of thioether (sulfide) groups is 1. The smallest absolute Gasteiger partial charge is 0.333 e. The van der Waals surface area contributed by atoms with Crippen molar-refractivity contribution in [2.24, 2.45) is 0 Å². The van der Waals surface area contributed by atoms with Gasteiger partial charge in [-0.15, -0.1) is 0 Å². The third kappa shape index (κ3) is 4.23. The van der Waals surface area contributed by atoms with Gasteiger partial charge in [0.15, 0.2) is 5.76 Å². The molecule has 0 radical (unpaired) electrons. The van der Waals surface area contributed by atoms with E-state index in [9.17, 15) is 18.8 Å². The molecule has 1 aliphatic carbocycles. The van der Waals surface area contributed by atoms with Gasteiger partial charge in [-0.3, -0.25) is 18.7 Å². The number of furan rings is 1. The predicted octanol–water partition coefficient (Wildman–Crippen LogP) is 3.27. The van der Waals surface area contributed by atoms with Gasteiger partial charge in [-0.1, -0.05) is 0 Å². The van der Waals surface area contributed by atoms with Crippen molar-refractivity contribution in [2.45, 2.75) is 56.7 Å². The molecule has 2 fully saturated rings. The highest BCUT2D eigenvalue weighted by molar-refractivity contribution is 7.99. The Hall–Kier alpha value is -2.88. The fraction of sp³-hybridized carbons (Fsp3) is 0.478. The Balaban J connectivity index is 1.45. The summed E-state index contributed by atoms with van der Waals surface area (Å²) >= 11 is 1.84. The van der Waals surface area contributed by atoms with Crippen molar-refractivity contribution in [1.29, 1.82) is 0 Å². The second-order valence-corrected chi connectivity index (χ2v) is 9.88. The van der Waals surface area contributed by atoms with Crippen LogP contribution in [0.5, 0.6) is 0 Å². The van der Waals surface area contributed by atoms with Crippen LogP contribution in [0.3, 0.4) is 0 Å². The van der Waals surface area contributed by atoms with Crippen molar-refractivity contribution in [3.63, 3.8) is 0 Å². The Morgan fingerprint density at radius 2 is 1.82 bits per heavy atom. The van der Waals surface area contributed by atoms with Crippen molar-refractivity contribution in [2.75, 3.05) is 11.5 Å². The van der Waals surface area contributed by atoms with Crippen LogP contribution in [0.25, 0.3) is 11.0 Å². The Kier molecular flexibility index (Phi) is 6.09. The van der Waals surface area contributed by atoms with Crippen LogP contribution in [-0.4, -0.2) is 37.6 Å². The van der Waals surface area contributed by atoms with Crippen LogP contribution in [0.15, 0.2) is 44.7 Å². The van der Waals surface area contributed by atoms with Crippen LogP contribution in [0.2, 0.25) is 0 Å². The molecular weight excluding hydrogens is 447 g/mol. The van der Waals surface area contributed by atoms with Gasteiger partial charge in [0, 0.05) is 18.1 Å². The number of rotatable bonds is 4. The molecule has 1 N–H and O–H groups in total. The monoisotopic (exact) mass is 472 g/mol. The highest BCUT2D eigenvalue weighted by Gasteiger charge is 2.30. The van der Waals surface area contributed by atoms with Crippen LogP contribution in [0.4, 0.5) is 4.39 Å². The van der Waals surface area contributed by atoms with Crippen LogP contribution in [0, 0.1) is 5.82 Å². The van der Waals surface area contributed by atoms with Gasteiger partial charge in [-0.05, 0) is 68.2 Å². The molecule has 3 aromatic heterocycles. The maximum absolute atomic E-state index is 14.0. The van der Waals surface area contributed by atoms with E-state index in [1.165, 1.54) is 16.9 Å². The van der Waals surface area contributed by atoms with E-state index >= 15 is 0 Å². The molecule has 1 aliphatic heterocycles. The zero-order valence-corrected chi connectivity index (χ0v) is 18.9. The highest BCUT2D eigenvalue weighted by atomic mass is 32.2. The summed E-state index contributed by atoms with van der Waals surface area (Å²) in [5.41, 5.74) is -0.600. The normalized spacial score (nSPS) is 21.8. The van der Waals surface area contributed by atoms with Crippen molar-refractivity contribution in [3.05, 3.63) is 63.1 Å². The Labute approximate surface area is 193 Å². The molecule has 2 aliphatic rings. The number of hydrogen-bond acceptors (Lipinski definition) is 6. The molecule has 174 valence electrons. The first-order valence-electron chi connectivity index (χ1n) is 11.3. The van der Waals surface area contributed by atoms with E-state index in [2.05, 4.69) is 10.3 Å². The maximum atomic E-state index is 14.0. The van der Waals surface area contributed by atoms with Crippen LogP contribution in [0.1, 0.15) is 61.2 Å². The summed E-state index contributed by atoms with van der Waals surface area (Å²) < 4.78 is 22.1. The van der Waals surface area contributed by atoms with Gasteiger partial charge < -0.3 is 9.73 Å². The lowest BCUT2D eigenvalue weighted by molar-refractivity contribution is 0.0893. The molecule has 10 heteroatoms. The maximum Gasteiger partial charge on any atom is 0.333 e. The predicted molar refractivity (Wildman–Crippen MR) is 123 cm³/mol. The highest BCUT2D eigenvalue weighted by Crippen LogP contribution is 2.30. The summed E-state index contributed by atoms with van der Waals surface area (Å²) in [5, 5.41) is 3.10. The van der Waals surface area contributed by atoms with E-state index in [4.69, 9.17) is 4.42 Å². The first-order chi connectivity index (χ1) is 16.0. The van der Waals surface area contributed by atoms with Gasteiger partial charge in [0.05, 0.1) is 17.8 Å². The third-order valence-corrected chi connectivity index (χ3v) is 7.67.